The highest BCUT2D eigenvalue weighted by atomic mass is 16.6. The van der Waals surface area contributed by atoms with Crippen molar-refractivity contribution >= 4 is 11.9 Å². The number of hydrogen-bond acceptors (Lipinski definition) is 3. The van der Waals surface area contributed by atoms with E-state index in [0.29, 0.717) is 25.7 Å². The highest BCUT2D eigenvalue weighted by Crippen LogP contribution is 2.10. The Kier molecular flexibility index (Phi) is 5.20. The standard InChI is InChI=1S/C10H19NO3/c1-10(2,3)14-9(13)7-5-4-6-8(11)12/h4-7H2,1-3H3,(H2,11,12). The van der Waals surface area contributed by atoms with E-state index < -0.39 is 5.60 Å². The van der Waals surface area contributed by atoms with E-state index in [1.807, 2.05) is 20.8 Å². The molecule has 0 atom stereocenters. The van der Waals surface area contributed by atoms with Gasteiger partial charge in [0.05, 0.1) is 0 Å². The molecule has 0 radical (unpaired) electrons. The smallest absolute Gasteiger partial charge is 0.306 e. The van der Waals surface area contributed by atoms with Gasteiger partial charge in [-0.05, 0) is 33.6 Å². The number of ether oxygens (including phenoxy) is 1. The van der Waals surface area contributed by atoms with Gasteiger partial charge in [-0.1, -0.05) is 0 Å². The quantitative estimate of drug-likeness (QED) is 0.539. The molecule has 0 spiro atoms. The van der Waals surface area contributed by atoms with E-state index in [4.69, 9.17) is 10.5 Å². The monoisotopic (exact) mass is 201 g/mol. The van der Waals surface area contributed by atoms with Crippen LogP contribution in [0.1, 0.15) is 46.5 Å². The first kappa shape index (κ1) is 12.9. The van der Waals surface area contributed by atoms with Crippen LogP contribution in [0.4, 0.5) is 0 Å². The van der Waals surface area contributed by atoms with E-state index in [2.05, 4.69) is 0 Å². The summed E-state index contributed by atoms with van der Waals surface area (Å²) in [5, 5.41) is 0. The third kappa shape index (κ3) is 9.03. The van der Waals surface area contributed by atoms with Crippen molar-refractivity contribution in [3.63, 3.8) is 0 Å². The Morgan fingerprint density at radius 1 is 1.14 bits per heavy atom. The number of unbranched alkanes of at least 4 members (excludes halogenated alkanes) is 1. The lowest BCUT2D eigenvalue weighted by Gasteiger charge is -2.19. The largest absolute Gasteiger partial charge is 0.460 e. The summed E-state index contributed by atoms with van der Waals surface area (Å²) in [6, 6.07) is 0. The van der Waals surface area contributed by atoms with Gasteiger partial charge in [0.25, 0.3) is 0 Å². The van der Waals surface area contributed by atoms with Gasteiger partial charge in [-0.2, -0.15) is 0 Å². The van der Waals surface area contributed by atoms with Crippen molar-refractivity contribution in [1.29, 1.82) is 0 Å². The summed E-state index contributed by atoms with van der Waals surface area (Å²) >= 11 is 0. The Labute approximate surface area is 84.8 Å². The van der Waals surface area contributed by atoms with Crippen LogP contribution in [-0.2, 0) is 14.3 Å². The summed E-state index contributed by atoms with van der Waals surface area (Å²) in [5.41, 5.74) is 4.53. The number of nitrogens with two attached hydrogens (primary N) is 1. The zero-order valence-electron chi connectivity index (χ0n) is 9.13. The maximum absolute atomic E-state index is 11.2. The minimum atomic E-state index is -0.430. The summed E-state index contributed by atoms with van der Waals surface area (Å²) in [6.07, 6.45) is 1.99. The van der Waals surface area contributed by atoms with E-state index in [-0.39, 0.29) is 11.9 Å². The zero-order chi connectivity index (χ0) is 11.2. The molecule has 0 rings (SSSR count). The van der Waals surface area contributed by atoms with Gasteiger partial charge < -0.3 is 10.5 Å². The molecule has 0 saturated carbocycles. The van der Waals surface area contributed by atoms with E-state index in [1.54, 1.807) is 0 Å². The summed E-state index contributed by atoms with van der Waals surface area (Å²) in [7, 11) is 0. The lowest BCUT2D eigenvalue weighted by atomic mass is 10.1. The molecule has 2 N–H and O–H groups in total. The highest BCUT2D eigenvalue weighted by molar-refractivity contribution is 5.73. The molecule has 0 aromatic rings. The summed E-state index contributed by atoms with van der Waals surface area (Å²) in [6.45, 7) is 5.48. The van der Waals surface area contributed by atoms with Crippen molar-refractivity contribution in [3.8, 4) is 0 Å². The van der Waals surface area contributed by atoms with Gasteiger partial charge in [0.1, 0.15) is 5.60 Å². The van der Waals surface area contributed by atoms with Gasteiger partial charge in [-0.3, -0.25) is 9.59 Å². The molecule has 0 heterocycles. The van der Waals surface area contributed by atoms with Gasteiger partial charge in [0, 0.05) is 12.8 Å². The number of primary amides is 1. The van der Waals surface area contributed by atoms with Crippen LogP contribution >= 0.6 is 0 Å². The van der Waals surface area contributed by atoms with E-state index >= 15 is 0 Å². The first-order valence-corrected chi connectivity index (χ1v) is 4.81. The average Bonchev–Trinajstić information content (AvgIpc) is 1.94. The van der Waals surface area contributed by atoms with Gasteiger partial charge in [0.2, 0.25) is 5.91 Å². The Morgan fingerprint density at radius 3 is 2.07 bits per heavy atom. The highest BCUT2D eigenvalue weighted by Gasteiger charge is 2.15. The molecule has 0 aliphatic carbocycles. The molecule has 0 unspecified atom stereocenters. The van der Waals surface area contributed by atoms with Crippen molar-refractivity contribution in [2.75, 3.05) is 0 Å². The molecule has 1 amide bonds. The van der Waals surface area contributed by atoms with Gasteiger partial charge in [-0.15, -0.1) is 0 Å². The fraction of sp³-hybridized carbons (Fsp3) is 0.800. The molecule has 14 heavy (non-hydrogen) atoms. The van der Waals surface area contributed by atoms with Crippen LogP contribution in [0.15, 0.2) is 0 Å². The van der Waals surface area contributed by atoms with Crippen molar-refractivity contribution in [1.82, 2.24) is 0 Å². The lowest BCUT2D eigenvalue weighted by molar-refractivity contribution is -0.155. The van der Waals surface area contributed by atoms with Crippen molar-refractivity contribution < 1.29 is 14.3 Å². The van der Waals surface area contributed by atoms with Crippen LogP contribution in [0, 0.1) is 0 Å². The molecule has 0 aromatic heterocycles. The summed E-state index contributed by atoms with van der Waals surface area (Å²) < 4.78 is 5.09. The second-order valence-electron chi connectivity index (χ2n) is 4.26. The van der Waals surface area contributed by atoms with Crippen molar-refractivity contribution in [2.24, 2.45) is 5.73 Å². The van der Waals surface area contributed by atoms with Crippen LogP contribution in [-0.4, -0.2) is 17.5 Å². The minimum absolute atomic E-state index is 0.220. The van der Waals surface area contributed by atoms with Gasteiger partial charge in [-0.25, -0.2) is 0 Å². The number of carbonyl (C=O) groups is 2. The summed E-state index contributed by atoms with van der Waals surface area (Å²) in [4.78, 5) is 21.5. The van der Waals surface area contributed by atoms with E-state index in [0.717, 1.165) is 0 Å². The lowest BCUT2D eigenvalue weighted by Crippen LogP contribution is -2.23. The van der Waals surface area contributed by atoms with Crippen LogP contribution < -0.4 is 5.73 Å². The average molecular weight is 201 g/mol. The second kappa shape index (κ2) is 5.62. The Balaban J connectivity index is 3.50. The van der Waals surface area contributed by atoms with Crippen LogP contribution in [0.25, 0.3) is 0 Å². The molecule has 0 saturated heterocycles. The molecule has 0 aliphatic heterocycles. The molecule has 0 fully saturated rings. The summed E-state index contributed by atoms with van der Waals surface area (Å²) in [5.74, 6) is -0.545. The van der Waals surface area contributed by atoms with E-state index in [1.165, 1.54) is 0 Å². The molecule has 4 nitrogen and oxygen atoms in total. The fourth-order valence-electron chi connectivity index (χ4n) is 0.961. The molecule has 0 aliphatic rings. The number of esters is 1. The predicted octanol–water partition coefficient (Wildman–Crippen LogP) is 1.37. The zero-order valence-corrected chi connectivity index (χ0v) is 9.13. The molecule has 82 valence electrons. The molecule has 0 bridgehead atoms. The van der Waals surface area contributed by atoms with Crippen LogP contribution in [0.2, 0.25) is 0 Å². The number of carbonyl (C=O) groups excluding carboxylic acids is 2. The SMILES string of the molecule is CC(C)(C)OC(=O)CCCCC(N)=O. The van der Waals surface area contributed by atoms with Crippen molar-refractivity contribution in [2.45, 2.75) is 52.1 Å². The maximum Gasteiger partial charge on any atom is 0.306 e. The first-order chi connectivity index (χ1) is 6.31. The van der Waals surface area contributed by atoms with Crippen molar-refractivity contribution in [3.05, 3.63) is 0 Å². The number of amides is 1. The van der Waals surface area contributed by atoms with Crippen LogP contribution in [0.5, 0.6) is 0 Å². The van der Waals surface area contributed by atoms with Gasteiger partial charge >= 0.3 is 5.97 Å². The molecule has 4 heteroatoms. The second-order valence-corrected chi connectivity index (χ2v) is 4.26. The Bertz CT molecular complexity index is 206. The Hall–Kier alpha value is -1.06. The topological polar surface area (TPSA) is 69.4 Å². The fourth-order valence-corrected chi connectivity index (χ4v) is 0.961. The van der Waals surface area contributed by atoms with E-state index in [9.17, 15) is 9.59 Å². The number of hydrogen-bond donors (Lipinski definition) is 1. The van der Waals surface area contributed by atoms with Gasteiger partial charge in [0.15, 0.2) is 0 Å². The third-order valence-electron chi connectivity index (χ3n) is 1.47. The molecular weight excluding hydrogens is 182 g/mol. The van der Waals surface area contributed by atoms with Crippen LogP contribution in [0.3, 0.4) is 0 Å². The molecule has 0 aromatic carbocycles. The number of rotatable bonds is 5. The Morgan fingerprint density at radius 2 is 1.64 bits per heavy atom. The molecular formula is C10H19NO3. The third-order valence-corrected chi connectivity index (χ3v) is 1.47. The minimum Gasteiger partial charge on any atom is -0.460 e. The maximum atomic E-state index is 11.2. The predicted molar refractivity (Wildman–Crippen MR) is 53.5 cm³/mol. The first-order valence-electron chi connectivity index (χ1n) is 4.81. The normalized spacial score (nSPS) is 11.1.